The lowest BCUT2D eigenvalue weighted by atomic mass is 9.90. The Bertz CT molecular complexity index is 974. The molecule has 1 aliphatic rings. The third kappa shape index (κ3) is 3.17. The molecule has 0 bridgehead atoms. The summed E-state index contributed by atoms with van der Waals surface area (Å²) in [5, 5.41) is 4.45. The summed E-state index contributed by atoms with van der Waals surface area (Å²) in [7, 11) is 0. The van der Waals surface area contributed by atoms with Gasteiger partial charge in [-0.1, -0.05) is 28.9 Å². The van der Waals surface area contributed by atoms with Crippen LogP contribution in [-0.2, 0) is 6.42 Å². The normalized spacial score (nSPS) is 13.8. The molecule has 0 aliphatic heterocycles. The molecule has 2 aromatic carbocycles. The molecule has 0 unspecified atom stereocenters. The van der Waals surface area contributed by atoms with Crippen molar-refractivity contribution in [2.24, 2.45) is 0 Å². The summed E-state index contributed by atoms with van der Waals surface area (Å²) in [5.74, 6) is 0.436. The van der Waals surface area contributed by atoms with Gasteiger partial charge in [-0.2, -0.15) is 0 Å². The van der Waals surface area contributed by atoms with E-state index in [1.165, 1.54) is 12.3 Å². The Morgan fingerprint density at radius 1 is 1.19 bits per heavy atom. The molecule has 0 N–H and O–H groups in total. The van der Waals surface area contributed by atoms with E-state index in [4.69, 9.17) is 16.1 Å². The molecular weight excluding hydrogens is 353 g/mol. The lowest BCUT2D eigenvalue weighted by Gasteiger charge is -2.13. The largest absolute Gasteiger partial charge is 0.360 e. The predicted octanol–water partition coefficient (Wildman–Crippen LogP) is 5.47. The third-order valence-corrected chi connectivity index (χ3v) is 5.11. The predicted molar refractivity (Wildman–Crippen MR) is 97.3 cm³/mol. The minimum absolute atomic E-state index is 0.166. The molecule has 1 fully saturated rings. The fourth-order valence-electron chi connectivity index (χ4n) is 3.18. The van der Waals surface area contributed by atoms with Gasteiger partial charge in [0, 0.05) is 16.5 Å². The number of nitrogens with zero attached hydrogens (tertiary/aromatic N) is 1. The zero-order chi connectivity index (χ0) is 18.3. The van der Waals surface area contributed by atoms with Crippen LogP contribution in [0.3, 0.4) is 0 Å². The van der Waals surface area contributed by atoms with Crippen molar-refractivity contribution in [3.05, 3.63) is 87.0 Å². The summed E-state index contributed by atoms with van der Waals surface area (Å²) in [4.78, 5) is 13.1. The van der Waals surface area contributed by atoms with E-state index in [0.29, 0.717) is 39.5 Å². The van der Waals surface area contributed by atoms with E-state index in [9.17, 15) is 9.18 Å². The van der Waals surface area contributed by atoms with Gasteiger partial charge in [0.2, 0.25) is 0 Å². The van der Waals surface area contributed by atoms with E-state index in [-0.39, 0.29) is 17.5 Å². The number of halogens is 2. The zero-order valence-corrected chi connectivity index (χ0v) is 15.0. The standard InChI is InChI=1S/C21H17ClFNO2/c1-12-17(10-13-2-6-15(22)7-3-13)16(8-9-19(12)23)20(25)18-11-24-26-21(18)14-4-5-14/h2-3,6-9,11,14H,4-5,10H2,1H3. The number of carbonyl (C=O) groups excluding carboxylic acids is 1. The SMILES string of the molecule is Cc1c(F)ccc(C(=O)c2cnoc2C2CC2)c1Cc1ccc(Cl)cc1. The van der Waals surface area contributed by atoms with Gasteiger partial charge >= 0.3 is 0 Å². The maximum absolute atomic E-state index is 14.2. The van der Waals surface area contributed by atoms with Gasteiger partial charge in [0.05, 0.1) is 11.8 Å². The third-order valence-electron chi connectivity index (χ3n) is 4.86. The van der Waals surface area contributed by atoms with Crippen LogP contribution in [-0.4, -0.2) is 10.9 Å². The molecule has 0 amide bonds. The Balaban J connectivity index is 1.75. The van der Waals surface area contributed by atoms with Crippen LogP contribution >= 0.6 is 11.6 Å². The Labute approximate surface area is 155 Å². The van der Waals surface area contributed by atoms with Gasteiger partial charge in [-0.05, 0) is 67.1 Å². The van der Waals surface area contributed by atoms with Crippen molar-refractivity contribution in [3.8, 4) is 0 Å². The maximum Gasteiger partial charge on any atom is 0.198 e. The van der Waals surface area contributed by atoms with Crippen LogP contribution in [0.1, 0.15) is 57.1 Å². The van der Waals surface area contributed by atoms with Crippen molar-refractivity contribution in [1.82, 2.24) is 5.16 Å². The molecule has 1 aromatic heterocycles. The van der Waals surface area contributed by atoms with Crippen molar-refractivity contribution >= 4 is 17.4 Å². The van der Waals surface area contributed by atoms with Gasteiger partial charge in [0.25, 0.3) is 0 Å². The highest BCUT2D eigenvalue weighted by molar-refractivity contribution is 6.30. The molecule has 26 heavy (non-hydrogen) atoms. The highest BCUT2D eigenvalue weighted by atomic mass is 35.5. The van der Waals surface area contributed by atoms with Gasteiger partial charge in [0.1, 0.15) is 5.82 Å². The quantitative estimate of drug-likeness (QED) is 0.560. The zero-order valence-electron chi connectivity index (χ0n) is 14.3. The maximum atomic E-state index is 14.2. The first-order chi connectivity index (χ1) is 12.5. The van der Waals surface area contributed by atoms with Gasteiger partial charge in [-0.15, -0.1) is 0 Å². The van der Waals surface area contributed by atoms with Gasteiger partial charge in [-0.25, -0.2) is 4.39 Å². The van der Waals surface area contributed by atoms with E-state index in [2.05, 4.69) is 5.16 Å². The monoisotopic (exact) mass is 369 g/mol. The minimum Gasteiger partial charge on any atom is -0.360 e. The van der Waals surface area contributed by atoms with Crippen molar-refractivity contribution < 1.29 is 13.7 Å². The summed E-state index contributed by atoms with van der Waals surface area (Å²) < 4.78 is 19.5. The first-order valence-corrected chi connectivity index (χ1v) is 8.94. The molecule has 1 saturated carbocycles. The molecule has 0 radical (unpaired) electrons. The Hall–Kier alpha value is -2.46. The fraction of sp³-hybridized carbons (Fsp3) is 0.238. The summed E-state index contributed by atoms with van der Waals surface area (Å²) in [5.41, 5.74) is 3.10. The Morgan fingerprint density at radius 3 is 2.62 bits per heavy atom. The van der Waals surface area contributed by atoms with Gasteiger partial charge < -0.3 is 4.52 Å². The van der Waals surface area contributed by atoms with Crippen molar-refractivity contribution in [2.75, 3.05) is 0 Å². The highest BCUT2D eigenvalue weighted by Crippen LogP contribution is 2.42. The summed E-state index contributed by atoms with van der Waals surface area (Å²) in [6, 6.07) is 10.3. The van der Waals surface area contributed by atoms with Crippen LogP contribution in [0, 0.1) is 12.7 Å². The first-order valence-electron chi connectivity index (χ1n) is 8.56. The Kier molecular flexibility index (Phi) is 4.37. The number of carbonyl (C=O) groups is 1. The molecule has 5 heteroatoms. The summed E-state index contributed by atoms with van der Waals surface area (Å²) >= 11 is 5.94. The minimum atomic E-state index is -0.321. The topological polar surface area (TPSA) is 43.1 Å². The Morgan fingerprint density at radius 2 is 1.92 bits per heavy atom. The van der Waals surface area contributed by atoms with E-state index in [1.54, 1.807) is 25.1 Å². The van der Waals surface area contributed by atoms with Crippen LogP contribution in [0.2, 0.25) is 5.02 Å². The molecule has 3 aromatic rings. The van der Waals surface area contributed by atoms with E-state index in [1.807, 2.05) is 12.1 Å². The van der Waals surface area contributed by atoms with Gasteiger partial charge in [-0.3, -0.25) is 4.79 Å². The second-order valence-corrected chi connectivity index (χ2v) is 7.15. The number of aromatic nitrogens is 1. The highest BCUT2D eigenvalue weighted by Gasteiger charge is 2.33. The molecule has 132 valence electrons. The lowest BCUT2D eigenvalue weighted by molar-refractivity contribution is 0.103. The second-order valence-electron chi connectivity index (χ2n) is 6.71. The fourth-order valence-corrected chi connectivity index (χ4v) is 3.31. The second kappa shape index (κ2) is 6.69. The average molecular weight is 370 g/mol. The van der Waals surface area contributed by atoms with Gasteiger partial charge in [0.15, 0.2) is 11.5 Å². The van der Waals surface area contributed by atoms with Crippen LogP contribution in [0.25, 0.3) is 0 Å². The van der Waals surface area contributed by atoms with E-state index >= 15 is 0 Å². The van der Waals surface area contributed by atoms with Crippen LogP contribution in [0.4, 0.5) is 4.39 Å². The van der Waals surface area contributed by atoms with Crippen molar-refractivity contribution in [3.63, 3.8) is 0 Å². The van der Waals surface area contributed by atoms with Crippen molar-refractivity contribution in [1.29, 1.82) is 0 Å². The summed E-state index contributed by atoms with van der Waals surface area (Å²) in [6.07, 6.45) is 3.94. The number of hydrogen-bond acceptors (Lipinski definition) is 3. The average Bonchev–Trinajstić information content (AvgIpc) is 3.37. The molecule has 0 saturated heterocycles. The summed E-state index contributed by atoms with van der Waals surface area (Å²) in [6.45, 7) is 1.70. The molecule has 0 spiro atoms. The van der Waals surface area contributed by atoms with Crippen LogP contribution in [0.5, 0.6) is 0 Å². The molecule has 0 atom stereocenters. The number of ketones is 1. The molecule has 4 rings (SSSR count). The molecule has 1 aliphatic carbocycles. The van der Waals surface area contributed by atoms with E-state index in [0.717, 1.165) is 18.4 Å². The number of rotatable bonds is 5. The van der Waals surface area contributed by atoms with Crippen molar-refractivity contribution in [2.45, 2.75) is 32.1 Å². The molecule has 3 nitrogen and oxygen atoms in total. The lowest BCUT2D eigenvalue weighted by Crippen LogP contribution is -2.10. The smallest absolute Gasteiger partial charge is 0.198 e. The number of hydrogen-bond donors (Lipinski definition) is 0. The van der Waals surface area contributed by atoms with Crippen LogP contribution < -0.4 is 0 Å². The van der Waals surface area contributed by atoms with E-state index < -0.39 is 0 Å². The molecular formula is C21H17ClFNO2. The first kappa shape index (κ1) is 17.0. The number of benzene rings is 2. The molecule has 1 heterocycles. The van der Waals surface area contributed by atoms with Crippen LogP contribution in [0.15, 0.2) is 47.1 Å².